The molecule has 1 aromatic rings. The number of fused-ring (bicyclic) bond motifs is 1. The molecule has 3 rings (SSSR count). The highest BCUT2D eigenvalue weighted by Crippen LogP contribution is 2.38. The van der Waals surface area contributed by atoms with Gasteiger partial charge in [0.15, 0.2) is 0 Å². The number of nitrogens with one attached hydrogen (secondary N) is 1. The number of aryl methyl sites for hydroxylation is 1. The number of hydrogen-bond acceptors (Lipinski definition) is 2. The van der Waals surface area contributed by atoms with E-state index < -0.39 is 5.60 Å². The first kappa shape index (κ1) is 11.2. The van der Waals surface area contributed by atoms with Gasteiger partial charge in [-0.05, 0) is 48.9 Å². The van der Waals surface area contributed by atoms with Gasteiger partial charge < -0.3 is 10.4 Å². The van der Waals surface area contributed by atoms with Crippen molar-refractivity contribution in [2.45, 2.75) is 37.3 Å². The van der Waals surface area contributed by atoms with Gasteiger partial charge in [-0.15, -0.1) is 0 Å². The van der Waals surface area contributed by atoms with Crippen LogP contribution in [0.1, 0.15) is 36.4 Å². The first-order chi connectivity index (χ1) is 8.08. The number of rotatable bonds is 2. The number of amides is 1. The molecule has 0 bridgehead atoms. The summed E-state index contributed by atoms with van der Waals surface area (Å²) >= 11 is 3.45. The van der Waals surface area contributed by atoms with Gasteiger partial charge in [-0.3, -0.25) is 4.79 Å². The van der Waals surface area contributed by atoms with Crippen molar-refractivity contribution in [3.8, 4) is 0 Å². The van der Waals surface area contributed by atoms with E-state index in [1.165, 1.54) is 11.1 Å². The summed E-state index contributed by atoms with van der Waals surface area (Å²) in [7, 11) is 0. The molecule has 1 saturated carbocycles. The SMILES string of the molecule is O=C(NC1CCc2cc(Br)ccc21)C1(O)CC1. The second-order valence-electron chi connectivity index (χ2n) is 4.94. The summed E-state index contributed by atoms with van der Waals surface area (Å²) in [5.74, 6) is -0.210. The van der Waals surface area contributed by atoms with E-state index in [4.69, 9.17) is 0 Å². The molecule has 0 aliphatic heterocycles. The van der Waals surface area contributed by atoms with E-state index in [2.05, 4.69) is 27.3 Å². The fraction of sp³-hybridized carbons (Fsp3) is 0.462. The number of aliphatic hydroxyl groups is 1. The zero-order chi connectivity index (χ0) is 12.0. The molecule has 1 fully saturated rings. The molecular formula is C13H14BrNO2. The Morgan fingerprint density at radius 3 is 2.94 bits per heavy atom. The molecule has 1 aromatic carbocycles. The lowest BCUT2D eigenvalue weighted by Crippen LogP contribution is -2.37. The Morgan fingerprint density at radius 2 is 2.24 bits per heavy atom. The summed E-state index contributed by atoms with van der Waals surface area (Å²) in [6, 6.07) is 6.21. The number of carbonyl (C=O) groups is 1. The van der Waals surface area contributed by atoms with Crippen LogP contribution in [0.2, 0.25) is 0 Å². The molecule has 2 aliphatic rings. The largest absolute Gasteiger partial charge is 0.380 e. The van der Waals surface area contributed by atoms with E-state index in [-0.39, 0.29) is 11.9 Å². The van der Waals surface area contributed by atoms with Gasteiger partial charge in [0.1, 0.15) is 5.60 Å². The first-order valence-corrected chi connectivity index (χ1v) is 6.69. The van der Waals surface area contributed by atoms with Crippen LogP contribution >= 0.6 is 15.9 Å². The van der Waals surface area contributed by atoms with Gasteiger partial charge >= 0.3 is 0 Å². The highest BCUT2D eigenvalue weighted by Gasteiger charge is 2.48. The number of carbonyl (C=O) groups excluding carboxylic acids is 1. The van der Waals surface area contributed by atoms with Crippen LogP contribution < -0.4 is 5.32 Å². The molecule has 17 heavy (non-hydrogen) atoms. The molecule has 0 saturated heterocycles. The van der Waals surface area contributed by atoms with Crippen LogP contribution in [-0.4, -0.2) is 16.6 Å². The summed E-state index contributed by atoms with van der Waals surface area (Å²) < 4.78 is 1.07. The van der Waals surface area contributed by atoms with Crippen molar-refractivity contribution < 1.29 is 9.90 Å². The smallest absolute Gasteiger partial charge is 0.252 e. The molecule has 0 aromatic heterocycles. The summed E-state index contributed by atoms with van der Waals surface area (Å²) in [6.07, 6.45) is 3.10. The van der Waals surface area contributed by atoms with Gasteiger partial charge in [0.25, 0.3) is 5.91 Å². The third-order valence-electron chi connectivity index (χ3n) is 3.63. The van der Waals surface area contributed by atoms with E-state index in [0.29, 0.717) is 12.8 Å². The van der Waals surface area contributed by atoms with Gasteiger partial charge in [-0.2, -0.15) is 0 Å². The normalized spacial score (nSPS) is 24.2. The lowest BCUT2D eigenvalue weighted by molar-refractivity contribution is -0.132. The molecule has 2 aliphatic carbocycles. The predicted octanol–water partition coefficient (Wildman–Crippen LogP) is 2.08. The van der Waals surface area contributed by atoms with Crippen LogP contribution in [-0.2, 0) is 11.2 Å². The summed E-state index contributed by atoms with van der Waals surface area (Å²) in [5, 5.41) is 12.7. The third kappa shape index (κ3) is 2.00. The molecule has 0 spiro atoms. The van der Waals surface area contributed by atoms with Gasteiger partial charge in [-0.1, -0.05) is 22.0 Å². The molecule has 90 valence electrons. The fourth-order valence-electron chi connectivity index (χ4n) is 2.37. The average Bonchev–Trinajstić information content (AvgIpc) is 2.93. The van der Waals surface area contributed by atoms with Crippen molar-refractivity contribution in [1.29, 1.82) is 0 Å². The number of benzene rings is 1. The molecular weight excluding hydrogens is 282 g/mol. The zero-order valence-electron chi connectivity index (χ0n) is 9.37. The summed E-state index contributed by atoms with van der Waals surface area (Å²) in [6.45, 7) is 0. The Kier molecular flexibility index (Phi) is 2.52. The van der Waals surface area contributed by atoms with Crippen molar-refractivity contribution in [3.63, 3.8) is 0 Å². The Hall–Kier alpha value is -0.870. The zero-order valence-corrected chi connectivity index (χ0v) is 11.0. The maximum absolute atomic E-state index is 11.8. The highest BCUT2D eigenvalue weighted by molar-refractivity contribution is 9.10. The summed E-state index contributed by atoms with van der Waals surface area (Å²) in [5.41, 5.74) is 1.40. The monoisotopic (exact) mass is 295 g/mol. The van der Waals surface area contributed by atoms with Crippen LogP contribution in [0.15, 0.2) is 22.7 Å². The van der Waals surface area contributed by atoms with E-state index in [0.717, 1.165) is 17.3 Å². The molecule has 2 N–H and O–H groups in total. The second-order valence-corrected chi connectivity index (χ2v) is 5.86. The maximum atomic E-state index is 11.8. The van der Waals surface area contributed by atoms with Crippen LogP contribution in [0.25, 0.3) is 0 Å². The van der Waals surface area contributed by atoms with Crippen LogP contribution in [0.4, 0.5) is 0 Å². The van der Waals surface area contributed by atoms with Gasteiger partial charge in [0.05, 0.1) is 6.04 Å². The van der Waals surface area contributed by atoms with E-state index in [1.54, 1.807) is 0 Å². The van der Waals surface area contributed by atoms with Crippen molar-refractivity contribution in [1.82, 2.24) is 5.32 Å². The Labute approximate surface area is 108 Å². The standard InChI is InChI=1S/C13H14BrNO2/c14-9-2-3-10-8(7-9)1-4-11(10)15-12(16)13(17)5-6-13/h2-3,7,11,17H,1,4-6H2,(H,15,16). The molecule has 0 heterocycles. The molecule has 1 amide bonds. The Balaban J connectivity index is 1.77. The van der Waals surface area contributed by atoms with Gasteiger partial charge in [0, 0.05) is 4.47 Å². The predicted molar refractivity (Wildman–Crippen MR) is 67.5 cm³/mol. The van der Waals surface area contributed by atoms with Crippen LogP contribution in [0, 0.1) is 0 Å². The van der Waals surface area contributed by atoms with Crippen molar-refractivity contribution in [2.24, 2.45) is 0 Å². The second kappa shape index (κ2) is 3.82. The number of halogens is 1. The Morgan fingerprint density at radius 1 is 1.47 bits per heavy atom. The van der Waals surface area contributed by atoms with Gasteiger partial charge in [-0.25, -0.2) is 0 Å². The minimum atomic E-state index is -1.07. The third-order valence-corrected chi connectivity index (χ3v) is 4.13. The Bertz CT molecular complexity index is 482. The van der Waals surface area contributed by atoms with Crippen molar-refractivity contribution >= 4 is 21.8 Å². The molecule has 0 radical (unpaired) electrons. The van der Waals surface area contributed by atoms with E-state index >= 15 is 0 Å². The minimum Gasteiger partial charge on any atom is -0.380 e. The van der Waals surface area contributed by atoms with Crippen molar-refractivity contribution in [3.05, 3.63) is 33.8 Å². The lowest BCUT2D eigenvalue weighted by atomic mass is 10.1. The quantitative estimate of drug-likeness (QED) is 0.878. The topological polar surface area (TPSA) is 49.3 Å². The maximum Gasteiger partial charge on any atom is 0.252 e. The van der Waals surface area contributed by atoms with Gasteiger partial charge in [0.2, 0.25) is 0 Å². The molecule has 1 unspecified atom stereocenters. The van der Waals surface area contributed by atoms with E-state index in [9.17, 15) is 9.90 Å². The first-order valence-electron chi connectivity index (χ1n) is 5.90. The van der Waals surface area contributed by atoms with Crippen molar-refractivity contribution in [2.75, 3.05) is 0 Å². The van der Waals surface area contributed by atoms with Crippen LogP contribution in [0.3, 0.4) is 0 Å². The fourth-order valence-corrected chi connectivity index (χ4v) is 2.78. The van der Waals surface area contributed by atoms with Crippen LogP contribution in [0.5, 0.6) is 0 Å². The average molecular weight is 296 g/mol. The number of hydrogen-bond donors (Lipinski definition) is 2. The van der Waals surface area contributed by atoms with E-state index in [1.807, 2.05) is 12.1 Å². The molecule has 3 nitrogen and oxygen atoms in total. The summed E-state index contributed by atoms with van der Waals surface area (Å²) in [4.78, 5) is 11.8. The molecule has 1 atom stereocenters. The molecule has 4 heteroatoms. The highest BCUT2D eigenvalue weighted by atomic mass is 79.9. The minimum absolute atomic E-state index is 0.0650. The lowest BCUT2D eigenvalue weighted by Gasteiger charge is -2.16.